The molecule has 0 aromatic heterocycles. The summed E-state index contributed by atoms with van der Waals surface area (Å²) in [5, 5.41) is 0.142. The molecular formula is C30H53B2NS2. The Labute approximate surface area is 230 Å². The van der Waals surface area contributed by atoms with Gasteiger partial charge in [-0.3, -0.25) is 0 Å². The third-order valence-electron chi connectivity index (χ3n) is 13.3. The van der Waals surface area contributed by atoms with Gasteiger partial charge in [0.1, 0.15) is 15.7 Å². The summed E-state index contributed by atoms with van der Waals surface area (Å²) in [6, 6.07) is 0.326. The summed E-state index contributed by atoms with van der Waals surface area (Å²) in [7, 11) is 5.17. The van der Waals surface area contributed by atoms with Gasteiger partial charge >= 0.3 is 0 Å². The van der Waals surface area contributed by atoms with Crippen molar-refractivity contribution in [2.24, 2.45) is 34.3 Å². The average Bonchev–Trinajstić information content (AvgIpc) is 2.96. The predicted molar refractivity (Wildman–Crippen MR) is 167 cm³/mol. The molecule has 2 fully saturated rings. The Hall–Kier alpha value is 0.270. The second kappa shape index (κ2) is 8.90. The minimum absolute atomic E-state index is 0.00106. The number of thiol groups is 2. The zero-order chi connectivity index (χ0) is 26.2. The number of allylic oxidation sites excluding steroid dienone is 2. The smallest absolute Gasteiger partial charge is 0.117 e. The van der Waals surface area contributed by atoms with Crippen LogP contribution in [0, 0.1) is 28.6 Å². The molecule has 2 saturated carbocycles. The van der Waals surface area contributed by atoms with Crippen molar-refractivity contribution in [3.63, 3.8) is 0 Å². The van der Waals surface area contributed by atoms with Gasteiger partial charge in [0, 0.05) is 15.5 Å². The highest BCUT2D eigenvalue weighted by Gasteiger charge is 2.76. The highest BCUT2D eigenvalue weighted by atomic mass is 32.1. The van der Waals surface area contributed by atoms with Crippen molar-refractivity contribution in [1.29, 1.82) is 0 Å². The predicted octanol–water partition coefficient (Wildman–Crippen LogP) is 6.61. The monoisotopic (exact) mass is 513 g/mol. The molecule has 35 heavy (non-hydrogen) atoms. The molecule has 0 aromatic rings. The van der Waals surface area contributed by atoms with E-state index in [0.29, 0.717) is 12.0 Å². The third-order valence-corrected chi connectivity index (χ3v) is 15.5. The molecule has 9 atom stereocenters. The van der Waals surface area contributed by atoms with E-state index in [1.165, 1.54) is 44.1 Å². The molecule has 9 unspecified atom stereocenters. The van der Waals surface area contributed by atoms with Crippen LogP contribution >= 0.6 is 25.3 Å². The third kappa shape index (κ3) is 3.41. The second-order valence-corrected chi connectivity index (χ2v) is 16.0. The lowest BCUT2D eigenvalue weighted by atomic mass is 9.26. The van der Waals surface area contributed by atoms with Gasteiger partial charge in [-0.15, -0.1) is 0 Å². The van der Waals surface area contributed by atoms with Gasteiger partial charge < -0.3 is 5.73 Å². The van der Waals surface area contributed by atoms with Gasteiger partial charge in [0.2, 0.25) is 0 Å². The van der Waals surface area contributed by atoms with E-state index in [-0.39, 0.29) is 31.0 Å². The van der Waals surface area contributed by atoms with Crippen molar-refractivity contribution in [3.8, 4) is 0 Å². The summed E-state index contributed by atoms with van der Waals surface area (Å²) in [5.74, 6) is 2.11. The lowest BCUT2D eigenvalue weighted by Gasteiger charge is -2.74. The first-order valence-electron chi connectivity index (χ1n) is 14.7. The van der Waals surface area contributed by atoms with Crippen LogP contribution in [-0.2, 0) is 0 Å². The van der Waals surface area contributed by atoms with E-state index in [0.717, 1.165) is 31.1 Å². The molecule has 0 bridgehead atoms. The van der Waals surface area contributed by atoms with E-state index < -0.39 is 0 Å². The fraction of sp³-hybridized carbons (Fsp3) is 0.867. The van der Waals surface area contributed by atoms with E-state index in [2.05, 4.69) is 76.3 Å². The normalized spacial score (nSPS) is 48.9. The van der Waals surface area contributed by atoms with E-state index in [1.807, 2.05) is 0 Å². The zero-order valence-corrected chi connectivity index (χ0v) is 26.1. The maximum absolute atomic E-state index is 6.47. The minimum atomic E-state index is -0.0992. The van der Waals surface area contributed by atoms with Crippen LogP contribution in [0.15, 0.2) is 23.3 Å². The molecule has 0 radical (unpaired) electrons. The summed E-state index contributed by atoms with van der Waals surface area (Å²) >= 11 is 11.5. The molecule has 1 nitrogen and oxygen atoms in total. The minimum Gasteiger partial charge on any atom is -0.327 e. The summed E-state index contributed by atoms with van der Waals surface area (Å²) in [4.78, 5) is 0. The van der Waals surface area contributed by atoms with Gasteiger partial charge in [0.05, 0.1) is 0 Å². The molecule has 0 amide bonds. The molecule has 0 spiro atoms. The Kier molecular flexibility index (Phi) is 7.20. The zero-order valence-electron chi connectivity index (χ0n) is 24.3. The Morgan fingerprint density at radius 1 is 1.09 bits per heavy atom. The van der Waals surface area contributed by atoms with Crippen molar-refractivity contribution in [2.75, 3.05) is 0 Å². The van der Waals surface area contributed by atoms with Crippen LogP contribution in [0.1, 0.15) is 106 Å². The summed E-state index contributed by atoms with van der Waals surface area (Å²) in [5.41, 5.74) is 9.90. The molecule has 4 aliphatic carbocycles. The Morgan fingerprint density at radius 2 is 1.74 bits per heavy atom. The van der Waals surface area contributed by atoms with Crippen LogP contribution in [-0.4, -0.2) is 31.2 Å². The largest absolute Gasteiger partial charge is 0.327 e. The number of nitrogens with two attached hydrogens (primary N) is 1. The van der Waals surface area contributed by atoms with Crippen molar-refractivity contribution >= 4 is 41.0 Å². The van der Waals surface area contributed by atoms with Crippen molar-refractivity contribution in [3.05, 3.63) is 23.3 Å². The van der Waals surface area contributed by atoms with Crippen LogP contribution in [0.5, 0.6) is 0 Å². The molecule has 0 saturated heterocycles. The van der Waals surface area contributed by atoms with Crippen molar-refractivity contribution in [2.45, 2.75) is 132 Å². The lowest BCUT2D eigenvalue weighted by molar-refractivity contribution is 0.00547. The topological polar surface area (TPSA) is 26.0 Å². The second-order valence-electron chi connectivity index (χ2n) is 14.5. The molecule has 2 N–H and O–H groups in total. The highest BCUT2D eigenvalue weighted by Crippen LogP contribution is 2.85. The van der Waals surface area contributed by atoms with Crippen molar-refractivity contribution < 1.29 is 0 Å². The highest BCUT2D eigenvalue weighted by molar-refractivity contribution is 7.82. The van der Waals surface area contributed by atoms with Gasteiger partial charge in [-0.25, -0.2) is 0 Å². The maximum Gasteiger partial charge on any atom is 0.117 e. The molecule has 5 heteroatoms. The summed E-state index contributed by atoms with van der Waals surface area (Å²) in [6.45, 7) is 17.2. The first-order valence-corrected chi connectivity index (χ1v) is 15.6. The number of rotatable bonds is 6. The molecular weight excluding hydrogens is 460 g/mol. The molecule has 0 aromatic carbocycles. The van der Waals surface area contributed by atoms with Crippen LogP contribution < -0.4 is 5.73 Å². The average molecular weight is 514 g/mol. The van der Waals surface area contributed by atoms with Crippen molar-refractivity contribution in [1.82, 2.24) is 0 Å². The van der Waals surface area contributed by atoms with Crippen LogP contribution in [0.25, 0.3) is 0 Å². The lowest BCUT2D eigenvalue weighted by Crippen LogP contribution is -2.68. The number of hydrogen-bond donors (Lipinski definition) is 3. The number of hydrogen-bond acceptors (Lipinski definition) is 3. The number of fused-ring (bicyclic) bond motifs is 5. The summed E-state index contributed by atoms with van der Waals surface area (Å²) < 4.78 is -0.195. The van der Waals surface area contributed by atoms with Gasteiger partial charge in [-0.2, -0.15) is 25.3 Å². The standard InChI is InChI=1S/C30H53B2NS2/c1-8-22(19(2)3)10-9-20(4)27(34)18-21(5)30(32)26(27,7)15-16-28(31)25(6)13-12-24(33)17-23(25)11-14-29(28,30)35/h11,18-20,22,24,34-35H,8-10,12-17,31-33H2,1-7H3. The molecule has 4 rings (SSSR count). The fourth-order valence-corrected chi connectivity index (χ4v) is 11.5. The Morgan fingerprint density at radius 3 is 2.34 bits per heavy atom. The van der Waals surface area contributed by atoms with Crippen LogP contribution in [0.3, 0.4) is 0 Å². The van der Waals surface area contributed by atoms with Crippen LogP contribution in [0.4, 0.5) is 0 Å². The fourth-order valence-electron chi connectivity index (χ4n) is 9.96. The van der Waals surface area contributed by atoms with E-state index in [1.54, 1.807) is 5.57 Å². The molecule has 4 aliphatic rings. The van der Waals surface area contributed by atoms with Gasteiger partial charge in [0.15, 0.2) is 0 Å². The van der Waals surface area contributed by atoms with Gasteiger partial charge in [0.25, 0.3) is 0 Å². The first kappa shape index (κ1) is 28.3. The van der Waals surface area contributed by atoms with Gasteiger partial charge in [-0.1, -0.05) is 77.7 Å². The van der Waals surface area contributed by atoms with E-state index in [4.69, 9.17) is 31.0 Å². The quantitative estimate of drug-likeness (QED) is 0.208. The molecule has 0 heterocycles. The van der Waals surface area contributed by atoms with Gasteiger partial charge in [-0.05, 0) is 91.1 Å². The molecule has 196 valence electrons. The Balaban J connectivity index is 1.75. The van der Waals surface area contributed by atoms with Crippen LogP contribution in [0.2, 0.25) is 10.6 Å². The molecule has 0 aliphatic heterocycles. The Bertz CT molecular complexity index is 918. The first-order chi connectivity index (χ1) is 16.1. The maximum atomic E-state index is 6.47. The van der Waals surface area contributed by atoms with E-state index in [9.17, 15) is 0 Å². The summed E-state index contributed by atoms with van der Waals surface area (Å²) in [6.07, 6.45) is 15.9. The SMILES string of the molecule is BC12CCC3(C)C(S)(C(C)CCC(CC)C(C)C)C=C(C)C3(B)C1(S)CC=C1CC(N)CCC12C. The van der Waals surface area contributed by atoms with E-state index >= 15 is 0 Å².